The van der Waals surface area contributed by atoms with E-state index in [2.05, 4.69) is 10.4 Å². The van der Waals surface area contributed by atoms with Crippen LogP contribution in [0.2, 0.25) is 0 Å². The molecule has 0 fully saturated rings. The summed E-state index contributed by atoms with van der Waals surface area (Å²) in [4.78, 5) is 23.1. The van der Waals surface area contributed by atoms with Crippen LogP contribution in [0.3, 0.4) is 0 Å². The predicted molar refractivity (Wildman–Crippen MR) is 83.6 cm³/mol. The van der Waals surface area contributed by atoms with E-state index in [9.17, 15) is 14.7 Å². The maximum atomic E-state index is 12.2. The van der Waals surface area contributed by atoms with E-state index >= 15 is 0 Å². The highest BCUT2D eigenvalue weighted by molar-refractivity contribution is 5.93. The molecular formula is C16H19N3O4. The number of aromatic nitrogens is 2. The number of benzene rings is 1. The number of carboxylic acid groups (broad SMARTS) is 1. The number of nitrogens with zero attached hydrogens (tertiary/aromatic N) is 2. The van der Waals surface area contributed by atoms with Crippen molar-refractivity contribution in [2.24, 2.45) is 5.92 Å². The molecule has 122 valence electrons. The van der Waals surface area contributed by atoms with Crippen molar-refractivity contribution in [3.05, 3.63) is 42.1 Å². The van der Waals surface area contributed by atoms with E-state index < -0.39 is 17.9 Å². The maximum absolute atomic E-state index is 12.2. The Bertz CT molecular complexity index is 695. The number of para-hydroxylation sites is 1. The fourth-order valence-electron chi connectivity index (χ4n) is 2.13. The first-order valence-corrected chi connectivity index (χ1v) is 7.25. The molecular weight excluding hydrogens is 298 g/mol. The van der Waals surface area contributed by atoms with Gasteiger partial charge in [-0.15, -0.1) is 0 Å². The lowest BCUT2D eigenvalue weighted by molar-refractivity contribution is -0.137. The van der Waals surface area contributed by atoms with Crippen LogP contribution in [0.5, 0.6) is 5.88 Å². The molecule has 0 spiro atoms. The van der Waals surface area contributed by atoms with Gasteiger partial charge in [-0.2, -0.15) is 5.10 Å². The third-order valence-electron chi connectivity index (χ3n) is 3.44. The number of hydrogen-bond acceptors (Lipinski definition) is 4. The lowest BCUT2D eigenvalue weighted by Gasteiger charge is -2.19. The summed E-state index contributed by atoms with van der Waals surface area (Å²) in [6, 6.07) is 9.64. The van der Waals surface area contributed by atoms with Crippen molar-refractivity contribution in [3.63, 3.8) is 0 Å². The summed E-state index contributed by atoms with van der Waals surface area (Å²) in [5.41, 5.74) is 0.650. The number of aromatic hydroxyl groups is 1. The van der Waals surface area contributed by atoms with E-state index in [1.54, 1.807) is 24.3 Å². The van der Waals surface area contributed by atoms with Gasteiger partial charge in [-0.25, -0.2) is 4.68 Å². The monoisotopic (exact) mass is 317 g/mol. The molecule has 1 heterocycles. The van der Waals surface area contributed by atoms with Gasteiger partial charge in [0.2, 0.25) is 5.88 Å². The number of carbonyl (C=O) groups is 2. The van der Waals surface area contributed by atoms with Crippen LogP contribution in [0.1, 0.15) is 30.8 Å². The lowest BCUT2D eigenvalue weighted by atomic mass is 10.0. The molecule has 0 aliphatic heterocycles. The van der Waals surface area contributed by atoms with Crippen LogP contribution >= 0.6 is 0 Å². The molecule has 0 radical (unpaired) electrons. The lowest BCUT2D eigenvalue weighted by Crippen LogP contribution is -2.40. The van der Waals surface area contributed by atoms with E-state index in [1.165, 1.54) is 10.7 Å². The van der Waals surface area contributed by atoms with E-state index in [-0.39, 0.29) is 23.9 Å². The number of carboxylic acids is 1. The highest BCUT2D eigenvalue weighted by Crippen LogP contribution is 2.18. The van der Waals surface area contributed by atoms with Gasteiger partial charge in [0.05, 0.1) is 12.1 Å². The SMILES string of the molecule is CC(C)C(CC(=O)O)NC(=O)c1cc(O)n(-c2ccccc2)n1. The van der Waals surface area contributed by atoms with Gasteiger partial charge in [0.1, 0.15) is 0 Å². The van der Waals surface area contributed by atoms with Gasteiger partial charge in [0, 0.05) is 12.1 Å². The Morgan fingerprint density at radius 1 is 1.26 bits per heavy atom. The molecule has 7 heteroatoms. The molecule has 1 unspecified atom stereocenters. The average Bonchev–Trinajstić information content (AvgIpc) is 2.89. The Labute approximate surface area is 133 Å². The smallest absolute Gasteiger partial charge is 0.305 e. The topological polar surface area (TPSA) is 104 Å². The molecule has 1 aromatic carbocycles. The van der Waals surface area contributed by atoms with E-state index in [1.807, 2.05) is 19.9 Å². The van der Waals surface area contributed by atoms with Gasteiger partial charge in [0.25, 0.3) is 5.91 Å². The molecule has 1 amide bonds. The standard InChI is InChI=1S/C16H19N3O4/c1-10(2)12(9-15(21)22)17-16(23)13-8-14(20)19(18-13)11-6-4-3-5-7-11/h3-8,10,12,20H,9H2,1-2H3,(H,17,23)(H,21,22). The summed E-state index contributed by atoms with van der Waals surface area (Å²) in [5.74, 6) is -1.71. The molecule has 0 saturated heterocycles. The van der Waals surface area contributed by atoms with Crippen LogP contribution in [0.15, 0.2) is 36.4 Å². The van der Waals surface area contributed by atoms with Gasteiger partial charge in [-0.3, -0.25) is 9.59 Å². The van der Waals surface area contributed by atoms with Gasteiger partial charge in [-0.05, 0) is 18.1 Å². The fourth-order valence-corrected chi connectivity index (χ4v) is 2.13. The third kappa shape index (κ3) is 4.09. The molecule has 0 bridgehead atoms. The minimum atomic E-state index is -0.985. The highest BCUT2D eigenvalue weighted by Gasteiger charge is 2.22. The Morgan fingerprint density at radius 3 is 2.48 bits per heavy atom. The van der Waals surface area contributed by atoms with Gasteiger partial charge in [0.15, 0.2) is 5.69 Å². The first kappa shape index (κ1) is 16.5. The summed E-state index contributed by atoms with van der Waals surface area (Å²) in [6.07, 6.45) is -0.172. The van der Waals surface area contributed by atoms with Crippen molar-refractivity contribution in [1.82, 2.24) is 15.1 Å². The van der Waals surface area contributed by atoms with Crippen molar-refractivity contribution in [3.8, 4) is 11.6 Å². The summed E-state index contributed by atoms with van der Waals surface area (Å²) < 4.78 is 1.25. The van der Waals surface area contributed by atoms with Crippen molar-refractivity contribution in [2.45, 2.75) is 26.3 Å². The molecule has 0 saturated carbocycles. The first-order valence-electron chi connectivity index (χ1n) is 7.25. The zero-order valence-electron chi connectivity index (χ0n) is 12.9. The number of rotatable bonds is 6. The zero-order chi connectivity index (χ0) is 17.0. The Hall–Kier alpha value is -2.83. The molecule has 23 heavy (non-hydrogen) atoms. The van der Waals surface area contributed by atoms with Gasteiger partial charge < -0.3 is 15.5 Å². The second kappa shape index (κ2) is 6.95. The van der Waals surface area contributed by atoms with Crippen LogP contribution in [0, 0.1) is 5.92 Å². The van der Waals surface area contributed by atoms with Gasteiger partial charge in [-0.1, -0.05) is 32.0 Å². The second-order valence-electron chi connectivity index (χ2n) is 5.56. The summed E-state index contributed by atoms with van der Waals surface area (Å²) in [7, 11) is 0. The average molecular weight is 317 g/mol. The van der Waals surface area contributed by atoms with Crippen molar-refractivity contribution < 1.29 is 19.8 Å². The first-order chi connectivity index (χ1) is 10.9. The summed E-state index contributed by atoms with van der Waals surface area (Å²) >= 11 is 0. The Balaban J connectivity index is 2.19. The molecule has 1 aromatic heterocycles. The van der Waals surface area contributed by atoms with Gasteiger partial charge >= 0.3 is 5.97 Å². The number of carbonyl (C=O) groups excluding carboxylic acids is 1. The third-order valence-corrected chi connectivity index (χ3v) is 3.44. The van der Waals surface area contributed by atoms with E-state index in [0.29, 0.717) is 5.69 Å². The Morgan fingerprint density at radius 2 is 1.91 bits per heavy atom. The quantitative estimate of drug-likeness (QED) is 0.753. The van der Waals surface area contributed by atoms with Crippen LogP contribution < -0.4 is 5.32 Å². The van der Waals surface area contributed by atoms with Crippen LogP contribution in [0.4, 0.5) is 0 Å². The number of hydrogen-bond donors (Lipinski definition) is 3. The number of aliphatic carboxylic acids is 1. The largest absolute Gasteiger partial charge is 0.493 e. The normalized spacial score (nSPS) is 12.1. The summed E-state index contributed by atoms with van der Waals surface area (Å²) in [5, 5.41) is 25.6. The number of nitrogens with one attached hydrogen (secondary N) is 1. The second-order valence-corrected chi connectivity index (χ2v) is 5.56. The molecule has 2 aromatic rings. The zero-order valence-corrected chi connectivity index (χ0v) is 12.9. The van der Waals surface area contributed by atoms with E-state index in [0.717, 1.165) is 0 Å². The molecule has 1 atom stereocenters. The Kier molecular flexibility index (Phi) is 5.00. The fraction of sp³-hybridized carbons (Fsp3) is 0.312. The van der Waals surface area contributed by atoms with Crippen molar-refractivity contribution in [1.29, 1.82) is 0 Å². The van der Waals surface area contributed by atoms with Crippen LogP contribution in [0.25, 0.3) is 5.69 Å². The molecule has 0 aliphatic rings. The van der Waals surface area contributed by atoms with Crippen LogP contribution in [-0.2, 0) is 4.79 Å². The van der Waals surface area contributed by atoms with Crippen LogP contribution in [-0.4, -0.2) is 37.9 Å². The minimum Gasteiger partial charge on any atom is -0.493 e. The highest BCUT2D eigenvalue weighted by atomic mass is 16.4. The molecule has 0 aliphatic carbocycles. The van der Waals surface area contributed by atoms with Crippen molar-refractivity contribution in [2.75, 3.05) is 0 Å². The molecule has 3 N–H and O–H groups in total. The van der Waals surface area contributed by atoms with Crippen molar-refractivity contribution >= 4 is 11.9 Å². The molecule has 7 nitrogen and oxygen atoms in total. The van der Waals surface area contributed by atoms with E-state index in [4.69, 9.17) is 5.11 Å². The predicted octanol–water partition coefficient (Wildman–Crippen LogP) is 1.81. The molecule has 2 rings (SSSR count). The minimum absolute atomic E-state index is 0.0300. The maximum Gasteiger partial charge on any atom is 0.305 e. The summed E-state index contributed by atoms with van der Waals surface area (Å²) in [6.45, 7) is 3.65. The number of amides is 1.